The monoisotopic (exact) mass is 333 g/mol. The van der Waals surface area contributed by atoms with Crippen LogP contribution in [0.15, 0.2) is 81.6 Å². The number of nitrogens with zero attached hydrogens (tertiary/aromatic N) is 1. The van der Waals surface area contributed by atoms with Crippen molar-refractivity contribution < 1.29 is 0 Å². The molecule has 0 heterocycles. The quantitative estimate of drug-likeness (QED) is 0.309. The standard InChI is InChI=1S/C24H31N/c1-17(2)13-14-25-24-16-20(5)23(15-21(24)6)22-10-8-7-9-18(3)19(4)11-12-22/h8,11-12,14-15,19,24H,1,3,7,9,13,16H2,2,4-6H3. The fraction of sp³-hybridized carbons (Fsp3) is 0.417. The molecule has 0 aromatic heterocycles. The molecule has 0 aromatic rings. The van der Waals surface area contributed by atoms with Gasteiger partial charge in [-0.25, -0.2) is 0 Å². The summed E-state index contributed by atoms with van der Waals surface area (Å²) in [5.74, 6) is 0.414. The van der Waals surface area contributed by atoms with E-state index in [4.69, 9.17) is 4.99 Å². The Labute approximate surface area is 153 Å². The fourth-order valence-electron chi connectivity index (χ4n) is 3.08. The normalized spacial score (nSPS) is 24.7. The molecule has 0 spiro atoms. The molecule has 0 bridgehead atoms. The summed E-state index contributed by atoms with van der Waals surface area (Å²) < 4.78 is 0. The summed E-state index contributed by atoms with van der Waals surface area (Å²) in [6.45, 7) is 16.8. The third-order valence-electron chi connectivity index (χ3n) is 4.94. The van der Waals surface area contributed by atoms with Gasteiger partial charge in [-0.15, -0.1) is 5.73 Å². The molecule has 0 radical (unpaired) electrons. The van der Waals surface area contributed by atoms with Crippen LogP contribution in [-0.4, -0.2) is 12.3 Å². The molecule has 1 heteroatoms. The lowest BCUT2D eigenvalue weighted by Gasteiger charge is -2.22. The van der Waals surface area contributed by atoms with Crippen LogP contribution in [0, 0.1) is 5.92 Å². The first-order chi connectivity index (χ1) is 11.9. The van der Waals surface area contributed by atoms with Crippen LogP contribution in [0.4, 0.5) is 0 Å². The van der Waals surface area contributed by atoms with Crippen LogP contribution >= 0.6 is 0 Å². The predicted octanol–water partition coefficient (Wildman–Crippen LogP) is 6.68. The Morgan fingerprint density at radius 3 is 2.88 bits per heavy atom. The van der Waals surface area contributed by atoms with Gasteiger partial charge in [-0.3, -0.25) is 4.99 Å². The first-order valence-electron chi connectivity index (χ1n) is 9.23. The van der Waals surface area contributed by atoms with Crippen LogP contribution in [0.2, 0.25) is 0 Å². The summed E-state index contributed by atoms with van der Waals surface area (Å²) in [5, 5.41) is 0. The van der Waals surface area contributed by atoms with Gasteiger partial charge in [-0.05, 0) is 69.2 Å². The molecular weight excluding hydrogens is 302 g/mol. The second-order valence-corrected chi connectivity index (χ2v) is 7.40. The molecule has 0 N–H and O–H groups in total. The van der Waals surface area contributed by atoms with Crippen molar-refractivity contribution in [1.82, 2.24) is 0 Å². The highest BCUT2D eigenvalue weighted by molar-refractivity contribution is 5.62. The van der Waals surface area contributed by atoms with Gasteiger partial charge in [0.2, 0.25) is 0 Å². The fourth-order valence-corrected chi connectivity index (χ4v) is 3.08. The first kappa shape index (κ1) is 19.2. The molecule has 2 aliphatic carbocycles. The average Bonchev–Trinajstić information content (AvgIpc) is 2.63. The molecule has 0 saturated heterocycles. The van der Waals surface area contributed by atoms with Crippen LogP contribution in [0.3, 0.4) is 0 Å². The molecule has 0 amide bonds. The molecule has 0 saturated carbocycles. The summed E-state index contributed by atoms with van der Waals surface area (Å²) in [5.41, 5.74) is 11.1. The van der Waals surface area contributed by atoms with Gasteiger partial charge in [-0.2, -0.15) is 0 Å². The minimum Gasteiger partial charge on any atom is -0.289 e. The van der Waals surface area contributed by atoms with Crippen molar-refractivity contribution in [3.05, 3.63) is 76.6 Å². The maximum absolute atomic E-state index is 4.75. The van der Waals surface area contributed by atoms with E-state index in [0.29, 0.717) is 5.92 Å². The zero-order chi connectivity index (χ0) is 18.4. The van der Waals surface area contributed by atoms with Crippen LogP contribution in [-0.2, 0) is 0 Å². The summed E-state index contributed by atoms with van der Waals surface area (Å²) in [7, 11) is 0. The van der Waals surface area contributed by atoms with Gasteiger partial charge in [0.25, 0.3) is 0 Å². The van der Waals surface area contributed by atoms with E-state index in [-0.39, 0.29) is 6.04 Å². The second-order valence-electron chi connectivity index (χ2n) is 7.40. The van der Waals surface area contributed by atoms with Gasteiger partial charge in [0.1, 0.15) is 0 Å². The van der Waals surface area contributed by atoms with Crippen LogP contribution < -0.4 is 0 Å². The molecule has 1 nitrogen and oxygen atoms in total. The number of hydrogen-bond donors (Lipinski definition) is 0. The van der Waals surface area contributed by atoms with E-state index in [0.717, 1.165) is 31.3 Å². The van der Waals surface area contributed by atoms with E-state index >= 15 is 0 Å². The Hall–Kier alpha value is -2.11. The van der Waals surface area contributed by atoms with Crippen molar-refractivity contribution in [3.8, 4) is 0 Å². The Balaban J connectivity index is 2.26. The van der Waals surface area contributed by atoms with Crippen molar-refractivity contribution in [1.29, 1.82) is 0 Å². The molecule has 0 fully saturated rings. The van der Waals surface area contributed by atoms with Gasteiger partial charge >= 0.3 is 0 Å². The summed E-state index contributed by atoms with van der Waals surface area (Å²) in [6, 6.07) is 0.256. The van der Waals surface area contributed by atoms with Crippen molar-refractivity contribution >= 4 is 6.21 Å². The highest BCUT2D eigenvalue weighted by Gasteiger charge is 2.19. The number of hydrogen-bond acceptors (Lipinski definition) is 1. The van der Waals surface area contributed by atoms with Crippen molar-refractivity contribution in [2.75, 3.05) is 0 Å². The summed E-state index contributed by atoms with van der Waals surface area (Å²) in [6.07, 6.45) is 14.8. The number of aliphatic imine (C=N–C) groups is 1. The molecule has 0 aliphatic heterocycles. The Morgan fingerprint density at radius 1 is 1.40 bits per heavy atom. The van der Waals surface area contributed by atoms with E-state index in [2.05, 4.69) is 64.0 Å². The third kappa shape index (κ3) is 5.44. The average molecular weight is 334 g/mol. The maximum atomic E-state index is 4.75. The molecule has 25 heavy (non-hydrogen) atoms. The van der Waals surface area contributed by atoms with Crippen molar-refractivity contribution in [2.24, 2.45) is 10.9 Å². The van der Waals surface area contributed by atoms with Crippen LogP contribution in [0.25, 0.3) is 0 Å². The lowest BCUT2D eigenvalue weighted by atomic mass is 9.86. The van der Waals surface area contributed by atoms with E-state index in [1.54, 1.807) is 0 Å². The molecular formula is C24H31N. The molecule has 0 aromatic carbocycles. The Kier molecular flexibility index (Phi) is 6.79. The van der Waals surface area contributed by atoms with Crippen molar-refractivity contribution in [2.45, 2.75) is 59.4 Å². The smallest absolute Gasteiger partial charge is 0.0743 e. The van der Waals surface area contributed by atoms with E-state index in [1.165, 1.54) is 27.9 Å². The Bertz CT molecular complexity index is 730. The summed E-state index contributed by atoms with van der Waals surface area (Å²) in [4.78, 5) is 4.75. The predicted molar refractivity (Wildman–Crippen MR) is 111 cm³/mol. The van der Waals surface area contributed by atoms with Gasteiger partial charge in [0.15, 0.2) is 0 Å². The molecule has 2 unspecified atom stereocenters. The number of rotatable bonds is 4. The summed E-state index contributed by atoms with van der Waals surface area (Å²) >= 11 is 0. The lowest BCUT2D eigenvalue weighted by Crippen LogP contribution is -2.13. The minimum atomic E-state index is 0.256. The zero-order valence-electron chi connectivity index (χ0n) is 16.2. The minimum absolute atomic E-state index is 0.256. The van der Waals surface area contributed by atoms with Gasteiger partial charge < -0.3 is 0 Å². The second kappa shape index (κ2) is 8.83. The topological polar surface area (TPSA) is 12.4 Å². The Morgan fingerprint density at radius 2 is 2.16 bits per heavy atom. The third-order valence-corrected chi connectivity index (χ3v) is 4.94. The van der Waals surface area contributed by atoms with Gasteiger partial charge in [-0.1, -0.05) is 49.0 Å². The lowest BCUT2D eigenvalue weighted by molar-refractivity contribution is 0.741. The highest BCUT2D eigenvalue weighted by atomic mass is 14.8. The maximum Gasteiger partial charge on any atom is 0.0743 e. The SMILES string of the molecule is C=C(C)CC=NC1CC(C)=C(C2=C=CCCC(=C)C(C)C=C2)C=C1C. The molecule has 2 rings (SSSR count). The van der Waals surface area contributed by atoms with Crippen LogP contribution in [0.1, 0.15) is 53.4 Å². The van der Waals surface area contributed by atoms with Gasteiger partial charge in [0, 0.05) is 18.2 Å². The van der Waals surface area contributed by atoms with Gasteiger partial charge in [0.05, 0.1) is 6.04 Å². The van der Waals surface area contributed by atoms with E-state index in [9.17, 15) is 0 Å². The molecule has 2 atom stereocenters. The van der Waals surface area contributed by atoms with Crippen molar-refractivity contribution in [3.63, 3.8) is 0 Å². The van der Waals surface area contributed by atoms with Crippen LogP contribution in [0.5, 0.6) is 0 Å². The first-order valence-corrected chi connectivity index (χ1v) is 9.23. The van der Waals surface area contributed by atoms with E-state index < -0.39 is 0 Å². The molecule has 2 aliphatic rings. The molecule has 132 valence electrons. The van der Waals surface area contributed by atoms with E-state index in [1.807, 2.05) is 13.1 Å². The largest absolute Gasteiger partial charge is 0.289 e. The highest BCUT2D eigenvalue weighted by Crippen LogP contribution is 2.31. The number of allylic oxidation sites excluding steroid dienone is 7. The zero-order valence-corrected chi connectivity index (χ0v) is 16.2.